The molecule has 0 unspecified atom stereocenters. The lowest BCUT2D eigenvalue weighted by atomic mass is 10.2. The Balaban J connectivity index is 1.53. The van der Waals surface area contributed by atoms with Crippen molar-refractivity contribution in [2.45, 2.75) is 6.54 Å². The molecule has 1 aromatic carbocycles. The third kappa shape index (κ3) is 4.17. The van der Waals surface area contributed by atoms with Crippen molar-refractivity contribution in [2.24, 2.45) is 0 Å². The molecule has 1 amide bonds. The lowest BCUT2D eigenvalue weighted by molar-refractivity contribution is -0.123. The second-order valence-electron chi connectivity index (χ2n) is 5.05. The molecule has 2 aromatic heterocycles. The predicted octanol–water partition coefficient (Wildman–Crippen LogP) is 3.64. The molecule has 1 N–H and O–H groups in total. The summed E-state index contributed by atoms with van der Waals surface area (Å²) in [6.45, 7) is 0.102. The Morgan fingerprint density at radius 3 is 2.88 bits per heavy atom. The molecule has 0 saturated carbocycles. The maximum atomic E-state index is 13.4. The summed E-state index contributed by atoms with van der Waals surface area (Å²) >= 11 is 1.63. The summed E-state index contributed by atoms with van der Waals surface area (Å²) in [5.74, 6) is -0.744. The molecule has 0 atom stereocenters. The van der Waals surface area contributed by atoms with E-state index in [0.29, 0.717) is 6.54 Å². The van der Waals surface area contributed by atoms with Crippen molar-refractivity contribution in [3.8, 4) is 16.2 Å². The molecule has 0 fully saturated rings. The highest BCUT2D eigenvalue weighted by Crippen LogP contribution is 2.24. The van der Waals surface area contributed by atoms with Crippen LogP contribution in [0.5, 0.6) is 5.75 Å². The van der Waals surface area contributed by atoms with Gasteiger partial charge in [0, 0.05) is 29.4 Å². The zero-order chi connectivity index (χ0) is 16.8. The summed E-state index contributed by atoms with van der Waals surface area (Å²) in [6.07, 6.45) is 3.49. The van der Waals surface area contributed by atoms with Crippen LogP contribution in [0.15, 0.2) is 60.2 Å². The quantitative estimate of drug-likeness (QED) is 0.744. The Morgan fingerprint density at radius 2 is 2.08 bits per heavy atom. The number of halogens is 1. The van der Waals surface area contributed by atoms with E-state index >= 15 is 0 Å². The van der Waals surface area contributed by atoms with Crippen molar-refractivity contribution < 1.29 is 13.9 Å². The maximum absolute atomic E-state index is 13.4. The molecule has 3 rings (SSSR count). The van der Waals surface area contributed by atoms with Crippen molar-refractivity contribution in [1.29, 1.82) is 0 Å². The van der Waals surface area contributed by atoms with Gasteiger partial charge in [0.05, 0.1) is 0 Å². The highest BCUT2D eigenvalue weighted by atomic mass is 32.1. The van der Waals surface area contributed by atoms with E-state index in [4.69, 9.17) is 4.74 Å². The smallest absolute Gasteiger partial charge is 0.258 e. The first-order valence-electron chi connectivity index (χ1n) is 7.34. The summed E-state index contributed by atoms with van der Waals surface area (Å²) in [4.78, 5) is 17.2. The molecule has 3 aromatic rings. The Labute approximate surface area is 142 Å². The van der Waals surface area contributed by atoms with E-state index in [-0.39, 0.29) is 18.3 Å². The number of ether oxygens (including phenoxy) is 1. The second-order valence-corrected chi connectivity index (χ2v) is 6.00. The highest BCUT2D eigenvalue weighted by Gasteiger charge is 2.07. The van der Waals surface area contributed by atoms with E-state index in [1.807, 2.05) is 23.6 Å². The van der Waals surface area contributed by atoms with E-state index in [0.717, 1.165) is 16.0 Å². The van der Waals surface area contributed by atoms with E-state index < -0.39 is 5.82 Å². The average Bonchev–Trinajstić information content (AvgIpc) is 3.14. The number of hydrogen-bond donors (Lipinski definition) is 1. The fraction of sp³-hybridized carbons (Fsp3) is 0.111. The molecule has 0 aliphatic rings. The van der Waals surface area contributed by atoms with Crippen molar-refractivity contribution in [3.05, 3.63) is 71.6 Å². The molecular weight excluding hydrogens is 327 g/mol. The van der Waals surface area contributed by atoms with E-state index in [9.17, 15) is 9.18 Å². The number of nitrogens with one attached hydrogen (secondary N) is 1. The maximum Gasteiger partial charge on any atom is 0.258 e. The minimum Gasteiger partial charge on any atom is -0.481 e. The molecule has 0 saturated heterocycles. The van der Waals surface area contributed by atoms with Crippen molar-refractivity contribution in [2.75, 3.05) is 6.61 Å². The summed E-state index contributed by atoms with van der Waals surface area (Å²) in [5.41, 5.74) is 1.90. The van der Waals surface area contributed by atoms with E-state index in [1.165, 1.54) is 12.1 Å². The van der Waals surface area contributed by atoms with Gasteiger partial charge in [0.15, 0.2) is 18.2 Å². The van der Waals surface area contributed by atoms with Gasteiger partial charge in [0.25, 0.3) is 5.91 Å². The zero-order valence-corrected chi connectivity index (χ0v) is 13.6. The molecule has 2 heterocycles. The molecule has 0 spiro atoms. The van der Waals surface area contributed by atoms with Crippen LogP contribution in [0, 0.1) is 5.82 Å². The fourth-order valence-corrected chi connectivity index (χ4v) is 2.83. The second kappa shape index (κ2) is 7.70. The van der Waals surface area contributed by atoms with Crippen molar-refractivity contribution in [3.63, 3.8) is 0 Å². The van der Waals surface area contributed by atoms with Crippen LogP contribution in [0.3, 0.4) is 0 Å². The standard InChI is InChI=1S/C18H15FN2O2S/c19-15-4-1-2-5-16(15)23-12-18(22)21-10-13-8-14(11-20-9-13)17-6-3-7-24-17/h1-9,11H,10,12H2,(H,21,22). The van der Waals surface area contributed by atoms with Crippen LogP contribution in [-0.4, -0.2) is 17.5 Å². The molecule has 0 aliphatic heterocycles. The van der Waals surface area contributed by atoms with Crippen LogP contribution in [0.25, 0.3) is 10.4 Å². The minimum atomic E-state index is -0.488. The fourth-order valence-electron chi connectivity index (χ4n) is 2.12. The largest absolute Gasteiger partial charge is 0.481 e. The van der Waals surface area contributed by atoms with Gasteiger partial charge in [-0.2, -0.15) is 0 Å². The van der Waals surface area contributed by atoms with Crippen LogP contribution in [0.1, 0.15) is 5.56 Å². The minimum absolute atomic E-state index is 0.0639. The van der Waals surface area contributed by atoms with Crippen molar-refractivity contribution in [1.82, 2.24) is 10.3 Å². The molecule has 0 radical (unpaired) electrons. The molecule has 4 nitrogen and oxygen atoms in total. The van der Waals surface area contributed by atoms with Gasteiger partial charge < -0.3 is 10.1 Å². The molecule has 24 heavy (non-hydrogen) atoms. The normalized spacial score (nSPS) is 10.4. The molecule has 0 bridgehead atoms. The Morgan fingerprint density at radius 1 is 1.21 bits per heavy atom. The third-order valence-corrected chi connectivity index (χ3v) is 4.20. The molecule has 122 valence electrons. The van der Waals surface area contributed by atoms with Gasteiger partial charge in [-0.15, -0.1) is 11.3 Å². The molecular formula is C18H15FN2O2S. The van der Waals surface area contributed by atoms with Gasteiger partial charge in [-0.1, -0.05) is 18.2 Å². The van der Waals surface area contributed by atoms with Gasteiger partial charge >= 0.3 is 0 Å². The first-order valence-corrected chi connectivity index (χ1v) is 8.22. The predicted molar refractivity (Wildman–Crippen MR) is 91.3 cm³/mol. The number of hydrogen-bond acceptors (Lipinski definition) is 4. The number of rotatable bonds is 6. The number of carbonyl (C=O) groups is 1. The number of amides is 1. The number of para-hydroxylation sites is 1. The van der Waals surface area contributed by atoms with E-state index in [2.05, 4.69) is 10.3 Å². The summed E-state index contributed by atoms with van der Waals surface area (Å²) in [5, 5.41) is 4.74. The van der Waals surface area contributed by atoms with Crippen LogP contribution < -0.4 is 10.1 Å². The topological polar surface area (TPSA) is 51.2 Å². The van der Waals surface area contributed by atoms with Crippen molar-refractivity contribution >= 4 is 17.2 Å². The first-order chi connectivity index (χ1) is 11.7. The number of carbonyl (C=O) groups excluding carboxylic acids is 1. The van der Waals surface area contributed by atoms with Gasteiger partial charge in [-0.05, 0) is 35.2 Å². The van der Waals surface area contributed by atoms with Crippen LogP contribution in [0.2, 0.25) is 0 Å². The summed E-state index contributed by atoms with van der Waals surface area (Å²) in [6, 6.07) is 12.0. The first kappa shape index (κ1) is 16.1. The number of nitrogens with zero attached hydrogens (tertiary/aromatic N) is 1. The van der Waals surface area contributed by atoms with E-state index in [1.54, 1.807) is 35.9 Å². The van der Waals surface area contributed by atoms with Gasteiger partial charge in [0.2, 0.25) is 0 Å². The van der Waals surface area contributed by atoms with Crippen LogP contribution in [-0.2, 0) is 11.3 Å². The molecule has 6 heteroatoms. The SMILES string of the molecule is O=C(COc1ccccc1F)NCc1cncc(-c2cccs2)c1. The number of benzene rings is 1. The Hall–Kier alpha value is -2.73. The average molecular weight is 342 g/mol. The monoisotopic (exact) mass is 342 g/mol. The summed E-state index contributed by atoms with van der Waals surface area (Å²) in [7, 11) is 0. The lowest BCUT2D eigenvalue weighted by Gasteiger charge is -2.08. The van der Waals surface area contributed by atoms with Gasteiger partial charge in [-0.25, -0.2) is 4.39 Å². The molecule has 0 aliphatic carbocycles. The number of pyridine rings is 1. The van der Waals surface area contributed by atoms with Crippen LogP contribution in [0.4, 0.5) is 4.39 Å². The highest BCUT2D eigenvalue weighted by molar-refractivity contribution is 7.13. The van der Waals surface area contributed by atoms with Gasteiger partial charge in [0.1, 0.15) is 0 Å². The zero-order valence-electron chi connectivity index (χ0n) is 12.7. The number of aromatic nitrogens is 1. The van der Waals surface area contributed by atoms with Gasteiger partial charge in [-0.3, -0.25) is 9.78 Å². The Kier molecular flexibility index (Phi) is 5.18. The number of thiophene rings is 1. The summed E-state index contributed by atoms with van der Waals surface area (Å²) < 4.78 is 18.6. The lowest BCUT2D eigenvalue weighted by Crippen LogP contribution is -2.28. The van der Waals surface area contributed by atoms with Crippen LogP contribution >= 0.6 is 11.3 Å². The third-order valence-electron chi connectivity index (χ3n) is 3.29. The Bertz CT molecular complexity index is 821.